The standard InChI is InChI=1S/C14H17ClN2O3/c1-9-5-6-16(13(9)8-15)14(18)12-4-3-11(17(19)20)7-10(12)2/h3-4,7,9,13H,5-6,8H2,1-2H3. The van der Waals surface area contributed by atoms with Gasteiger partial charge in [-0.25, -0.2) is 0 Å². The number of hydrogen-bond acceptors (Lipinski definition) is 3. The Bertz CT molecular complexity index is 547. The highest BCUT2D eigenvalue weighted by molar-refractivity contribution is 6.18. The number of likely N-dealkylation sites (tertiary alicyclic amines) is 1. The van der Waals surface area contributed by atoms with Crippen molar-refractivity contribution in [1.29, 1.82) is 0 Å². The van der Waals surface area contributed by atoms with Gasteiger partial charge in [-0.2, -0.15) is 0 Å². The molecule has 1 fully saturated rings. The van der Waals surface area contributed by atoms with Crippen LogP contribution >= 0.6 is 11.6 Å². The minimum absolute atomic E-state index is 0.00253. The maximum Gasteiger partial charge on any atom is 0.269 e. The molecule has 1 heterocycles. The first-order valence-corrected chi connectivity index (χ1v) is 7.11. The molecule has 1 aliphatic heterocycles. The highest BCUT2D eigenvalue weighted by Crippen LogP contribution is 2.28. The van der Waals surface area contributed by atoms with Gasteiger partial charge < -0.3 is 4.90 Å². The summed E-state index contributed by atoms with van der Waals surface area (Å²) in [5.41, 5.74) is 1.14. The molecule has 1 aromatic rings. The van der Waals surface area contributed by atoms with E-state index in [-0.39, 0.29) is 17.6 Å². The molecule has 0 aromatic heterocycles. The SMILES string of the molecule is Cc1cc([N+](=O)[O-])ccc1C(=O)N1CCC(C)C1CCl. The average Bonchev–Trinajstić information content (AvgIpc) is 2.78. The number of rotatable bonds is 3. The predicted molar refractivity (Wildman–Crippen MR) is 77.2 cm³/mol. The highest BCUT2D eigenvalue weighted by Gasteiger charge is 2.34. The van der Waals surface area contributed by atoms with Gasteiger partial charge in [0.1, 0.15) is 0 Å². The van der Waals surface area contributed by atoms with Gasteiger partial charge in [-0.05, 0) is 30.9 Å². The zero-order valence-corrected chi connectivity index (χ0v) is 12.3. The van der Waals surface area contributed by atoms with E-state index in [1.165, 1.54) is 18.2 Å². The molecule has 2 rings (SSSR count). The lowest BCUT2D eigenvalue weighted by molar-refractivity contribution is -0.384. The number of carbonyl (C=O) groups is 1. The van der Waals surface area contributed by atoms with Crippen LogP contribution in [0.15, 0.2) is 18.2 Å². The number of hydrogen-bond donors (Lipinski definition) is 0. The molecule has 0 saturated carbocycles. The van der Waals surface area contributed by atoms with Crippen LogP contribution in [0.3, 0.4) is 0 Å². The summed E-state index contributed by atoms with van der Waals surface area (Å²) in [6.45, 7) is 4.49. The van der Waals surface area contributed by atoms with Crippen LogP contribution in [-0.2, 0) is 0 Å². The maximum absolute atomic E-state index is 12.6. The van der Waals surface area contributed by atoms with Gasteiger partial charge in [0, 0.05) is 36.2 Å². The second kappa shape index (κ2) is 5.79. The molecule has 0 spiro atoms. The Kier molecular flexibility index (Phi) is 4.28. The van der Waals surface area contributed by atoms with Gasteiger partial charge in [0.25, 0.3) is 11.6 Å². The van der Waals surface area contributed by atoms with E-state index in [0.717, 1.165) is 6.42 Å². The van der Waals surface area contributed by atoms with Gasteiger partial charge in [-0.3, -0.25) is 14.9 Å². The molecule has 108 valence electrons. The fraction of sp³-hybridized carbons (Fsp3) is 0.500. The van der Waals surface area contributed by atoms with Crippen molar-refractivity contribution in [3.05, 3.63) is 39.4 Å². The first-order valence-electron chi connectivity index (χ1n) is 6.57. The summed E-state index contributed by atoms with van der Waals surface area (Å²) in [5.74, 6) is 0.709. The van der Waals surface area contributed by atoms with Crippen molar-refractivity contribution in [2.75, 3.05) is 12.4 Å². The molecule has 0 radical (unpaired) electrons. The molecule has 1 aliphatic rings. The number of benzene rings is 1. The Hall–Kier alpha value is -1.62. The zero-order chi connectivity index (χ0) is 14.9. The minimum atomic E-state index is -0.458. The van der Waals surface area contributed by atoms with Crippen molar-refractivity contribution in [3.8, 4) is 0 Å². The number of alkyl halides is 1. The van der Waals surface area contributed by atoms with Crippen LogP contribution < -0.4 is 0 Å². The number of nitro benzene ring substituents is 1. The third-order valence-corrected chi connectivity index (χ3v) is 4.27. The van der Waals surface area contributed by atoms with E-state index in [1.54, 1.807) is 11.8 Å². The molecule has 0 bridgehead atoms. The van der Waals surface area contributed by atoms with Crippen molar-refractivity contribution in [2.24, 2.45) is 5.92 Å². The fourth-order valence-electron chi connectivity index (χ4n) is 2.65. The van der Waals surface area contributed by atoms with E-state index in [9.17, 15) is 14.9 Å². The van der Waals surface area contributed by atoms with Crippen LogP contribution in [0.25, 0.3) is 0 Å². The maximum atomic E-state index is 12.6. The quantitative estimate of drug-likeness (QED) is 0.489. The van der Waals surface area contributed by atoms with Crippen molar-refractivity contribution in [2.45, 2.75) is 26.3 Å². The molecule has 0 aliphatic carbocycles. The van der Waals surface area contributed by atoms with Gasteiger partial charge in [-0.15, -0.1) is 11.6 Å². The van der Waals surface area contributed by atoms with Gasteiger partial charge in [-0.1, -0.05) is 6.92 Å². The summed E-state index contributed by atoms with van der Waals surface area (Å²) >= 11 is 5.95. The molecule has 1 aromatic carbocycles. The molecule has 5 nitrogen and oxygen atoms in total. The number of carbonyl (C=O) groups excluding carboxylic acids is 1. The number of amides is 1. The fourth-order valence-corrected chi connectivity index (χ4v) is 3.12. The van der Waals surface area contributed by atoms with Crippen LogP contribution in [0, 0.1) is 23.0 Å². The zero-order valence-electron chi connectivity index (χ0n) is 11.5. The second-order valence-corrected chi connectivity index (χ2v) is 5.55. The molecule has 1 amide bonds. The van der Waals surface area contributed by atoms with E-state index in [0.29, 0.717) is 29.5 Å². The lowest BCUT2D eigenvalue weighted by Gasteiger charge is -2.25. The third-order valence-electron chi connectivity index (χ3n) is 3.95. The lowest BCUT2D eigenvalue weighted by atomic mass is 10.0. The molecule has 6 heteroatoms. The third kappa shape index (κ3) is 2.63. The Morgan fingerprint density at radius 3 is 2.80 bits per heavy atom. The average molecular weight is 297 g/mol. The Morgan fingerprint density at radius 1 is 1.55 bits per heavy atom. The molecule has 0 N–H and O–H groups in total. The van der Waals surface area contributed by atoms with Crippen LogP contribution in [0.1, 0.15) is 29.3 Å². The number of nitrogens with zero attached hydrogens (tertiary/aromatic N) is 2. The molecule has 2 unspecified atom stereocenters. The van der Waals surface area contributed by atoms with Crippen molar-refractivity contribution >= 4 is 23.2 Å². The summed E-state index contributed by atoms with van der Waals surface area (Å²) in [4.78, 5) is 24.6. The largest absolute Gasteiger partial charge is 0.334 e. The summed E-state index contributed by atoms with van der Waals surface area (Å²) < 4.78 is 0. The van der Waals surface area contributed by atoms with Gasteiger partial charge in [0.05, 0.1) is 4.92 Å². The van der Waals surface area contributed by atoms with Crippen molar-refractivity contribution < 1.29 is 9.72 Å². The Morgan fingerprint density at radius 2 is 2.25 bits per heavy atom. The first-order chi connectivity index (χ1) is 9.45. The first kappa shape index (κ1) is 14.8. The van der Waals surface area contributed by atoms with Crippen molar-refractivity contribution in [3.63, 3.8) is 0 Å². The van der Waals surface area contributed by atoms with Crippen LogP contribution in [-0.4, -0.2) is 34.2 Å². The number of halogens is 1. The summed E-state index contributed by atoms with van der Waals surface area (Å²) in [7, 11) is 0. The molecule has 1 saturated heterocycles. The molecule has 20 heavy (non-hydrogen) atoms. The van der Waals surface area contributed by atoms with Gasteiger partial charge in [0.15, 0.2) is 0 Å². The van der Waals surface area contributed by atoms with Gasteiger partial charge in [0.2, 0.25) is 0 Å². The van der Waals surface area contributed by atoms with E-state index in [1.807, 2.05) is 0 Å². The molecule has 2 atom stereocenters. The van der Waals surface area contributed by atoms with E-state index >= 15 is 0 Å². The normalized spacial score (nSPS) is 22.1. The van der Waals surface area contributed by atoms with Crippen molar-refractivity contribution in [1.82, 2.24) is 4.90 Å². The molecular weight excluding hydrogens is 280 g/mol. The molecular formula is C14H17ClN2O3. The number of non-ortho nitro benzene ring substituents is 1. The van der Waals surface area contributed by atoms with E-state index in [2.05, 4.69) is 6.92 Å². The lowest BCUT2D eigenvalue weighted by Crippen LogP contribution is -2.39. The van der Waals surface area contributed by atoms with Crippen LogP contribution in [0.4, 0.5) is 5.69 Å². The summed E-state index contributed by atoms with van der Waals surface area (Å²) in [6.07, 6.45) is 0.940. The number of aryl methyl sites for hydroxylation is 1. The summed E-state index contributed by atoms with van der Waals surface area (Å²) in [5, 5.41) is 10.7. The number of nitro groups is 1. The van der Waals surface area contributed by atoms with E-state index < -0.39 is 4.92 Å². The predicted octanol–water partition coefficient (Wildman–Crippen LogP) is 2.99. The second-order valence-electron chi connectivity index (χ2n) is 5.24. The smallest absolute Gasteiger partial charge is 0.269 e. The topological polar surface area (TPSA) is 63.5 Å². The van der Waals surface area contributed by atoms with Crippen LogP contribution in [0.2, 0.25) is 0 Å². The van der Waals surface area contributed by atoms with Crippen LogP contribution in [0.5, 0.6) is 0 Å². The Labute approximate surface area is 122 Å². The summed E-state index contributed by atoms with van der Waals surface area (Å²) in [6, 6.07) is 4.38. The monoisotopic (exact) mass is 296 g/mol. The highest BCUT2D eigenvalue weighted by atomic mass is 35.5. The van der Waals surface area contributed by atoms with Gasteiger partial charge >= 0.3 is 0 Å². The van der Waals surface area contributed by atoms with E-state index in [4.69, 9.17) is 11.6 Å². The minimum Gasteiger partial charge on any atom is -0.334 e. The Balaban J connectivity index is 2.28.